The SMILES string of the molecule is Cc1ccc(NC(=O)Cn2ccc3cccc(N)c32)cc1. The standard InChI is InChI=1S/C17H17N3O/c1-12-5-7-14(8-6-12)19-16(21)11-20-10-9-13-3-2-4-15(18)17(13)20/h2-10H,11,18H2,1H3,(H,19,21). The van der Waals surface area contributed by atoms with Crippen LogP contribution in [-0.2, 0) is 11.3 Å². The summed E-state index contributed by atoms with van der Waals surface area (Å²) >= 11 is 0. The molecule has 3 N–H and O–H groups in total. The molecule has 0 saturated carbocycles. The Kier molecular flexibility index (Phi) is 3.36. The number of anilines is 2. The van der Waals surface area contributed by atoms with Gasteiger partial charge in [-0.2, -0.15) is 0 Å². The van der Waals surface area contributed by atoms with Crippen LogP contribution in [0.5, 0.6) is 0 Å². The molecule has 0 spiro atoms. The van der Waals surface area contributed by atoms with Crippen LogP contribution in [0.25, 0.3) is 10.9 Å². The summed E-state index contributed by atoms with van der Waals surface area (Å²) in [6.07, 6.45) is 1.88. The first kappa shape index (κ1) is 13.2. The highest BCUT2D eigenvalue weighted by Gasteiger charge is 2.08. The minimum atomic E-state index is -0.0698. The maximum absolute atomic E-state index is 12.1. The first-order chi connectivity index (χ1) is 10.1. The van der Waals surface area contributed by atoms with Crippen LogP contribution in [0.1, 0.15) is 5.56 Å². The van der Waals surface area contributed by atoms with Crippen molar-refractivity contribution in [3.8, 4) is 0 Å². The summed E-state index contributed by atoms with van der Waals surface area (Å²) in [5, 5.41) is 3.93. The monoisotopic (exact) mass is 279 g/mol. The summed E-state index contributed by atoms with van der Waals surface area (Å²) in [4.78, 5) is 12.1. The van der Waals surface area contributed by atoms with Gasteiger partial charge in [0.05, 0.1) is 11.2 Å². The van der Waals surface area contributed by atoms with Crippen molar-refractivity contribution in [2.75, 3.05) is 11.1 Å². The van der Waals surface area contributed by atoms with Gasteiger partial charge in [0.1, 0.15) is 6.54 Å². The predicted octanol–water partition coefficient (Wildman–Crippen LogP) is 3.17. The molecule has 0 radical (unpaired) electrons. The van der Waals surface area contributed by atoms with Gasteiger partial charge in [-0.15, -0.1) is 0 Å². The van der Waals surface area contributed by atoms with Crippen LogP contribution in [0, 0.1) is 6.92 Å². The number of benzene rings is 2. The molecule has 0 aliphatic carbocycles. The lowest BCUT2D eigenvalue weighted by molar-refractivity contribution is -0.116. The number of fused-ring (bicyclic) bond motifs is 1. The Morgan fingerprint density at radius 2 is 1.90 bits per heavy atom. The number of hydrogen-bond donors (Lipinski definition) is 2. The molecule has 1 aromatic heterocycles. The number of aryl methyl sites for hydroxylation is 1. The zero-order valence-electron chi connectivity index (χ0n) is 11.8. The Bertz CT molecular complexity index is 787. The van der Waals surface area contributed by atoms with Crippen molar-refractivity contribution in [3.63, 3.8) is 0 Å². The lowest BCUT2D eigenvalue weighted by atomic mass is 10.2. The predicted molar refractivity (Wildman–Crippen MR) is 86.2 cm³/mol. The number of para-hydroxylation sites is 1. The third-order valence-corrected chi connectivity index (χ3v) is 3.47. The quantitative estimate of drug-likeness (QED) is 0.723. The van der Waals surface area contributed by atoms with E-state index in [0.29, 0.717) is 5.69 Å². The minimum Gasteiger partial charge on any atom is -0.397 e. The molecular formula is C17H17N3O. The number of nitrogens with two attached hydrogens (primary N) is 1. The van der Waals surface area contributed by atoms with Gasteiger partial charge in [-0.05, 0) is 31.2 Å². The van der Waals surface area contributed by atoms with Gasteiger partial charge in [0.15, 0.2) is 0 Å². The van der Waals surface area contributed by atoms with Crippen LogP contribution in [0.15, 0.2) is 54.7 Å². The number of nitrogens with zero attached hydrogens (tertiary/aromatic N) is 1. The molecule has 21 heavy (non-hydrogen) atoms. The maximum Gasteiger partial charge on any atom is 0.244 e. The highest BCUT2D eigenvalue weighted by molar-refractivity contribution is 5.94. The summed E-state index contributed by atoms with van der Waals surface area (Å²) < 4.78 is 1.87. The van der Waals surface area contributed by atoms with E-state index in [1.165, 1.54) is 0 Å². The smallest absolute Gasteiger partial charge is 0.244 e. The molecule has 0 aliphatic heterocycles. The highest BCUT2D eigenvalue weighted by atomic mass is 16.1. The van der Waals surface area contributed by atoms with Crippen molar-refractivity contribution in [2.24, 2.45) is 0 Å². The largest absolute Gasteiger partial charge is 0.397 e. The van der Waals surface area contributed by atoms with Gasteiger partial charge in [-0.25, -0.2) is 0 Å². The Hall–Kier alpha value is -2.75. The van der Waals surface area contributed by atoms with Gasteiger partial charge in [0, 0.05) is 17.3 Å². The molecule has 0 bridgehead atoms. The molecule has 0 fully saturated rings. The third kappa shape index (κ3) is 2.74. The van der Waals surface area contributed by atoms with E-state index in [-0.39, 0.29) is 12.5 Å². The normalized spacial score (nSPS) is 10.7. The van der Waals surface area contributed by atoms with Crippen molar-refractivity contribution >= 4 is 28.2 Å². The number of carbonyl (C=O) groups excluding carboxylic acids is 1. The van der Waals surface area contributed by atoms with Crippen LogP contribution in [-0.4, -0.2) is 10.5 Å². The van der Waals surface area contributed by atoms with Crippen molar-refractivity contribution in [3.05, 3.63) is 60.3 Å². The maximum atomic E-state index is 12.1. The molecule has 4 heteroatoms. The van der Waals surface area contributed by atoms with Gasteiger partial charge >= 0.3 is 0 Å². The van der Waals surface area contributed by atoms with Crippen LogP contribution in [0.4, 0.5) is 11.4 Å². The number of rotatable bonds is 3. The molecule has 3 rings (SSSR count). The number of aromatic nitrogens is 1. The Balaban J connectivity index is 1.79. The zero-order valence-corrected chi connectivity index (χ0v) is 11.8. The first-order valence-corrected chi connectivity index (χ1v) is 6.83. The van der Waals surface area contributed by atoms with Crippen LogP contribution in [0.3, 0.4) is 0 Å². The summed E-state index contributed by atoms with van der Waals surface area (Å²) in [7, 11) is 0. The second-order valence-electron chi connectivity index (χ2n) is 5.14. The van der Waals surface area contributed by atoms with E-state index >= 15 is 0 Å². The highest BCUT2D eigenvalue weighted by Crippen LogP contribution is 2.22. The van der Waals surface area contributed by atoms with Crippen molar-refractivity contribution < 1.29 is 4.79 Å². The van der Waals surface area contributed by atoms with E-state index in [1.807, 2.05) is 66.2 Å². The summed E-state index contributed by atoms with van der Waals surface area (Å²) in [5.74, 6) is -0.0698. The summed E-state index contributed by atoms with van der Waals surface area (Å²) in [6.45, 7) is 2.26. The first-order valence-electron chi connectivity index (χ1n) is 6.83. The molecule has 0 unspecified atom stereocenters. The van der Waals surface area contributed by atoms with E-state index in [1.54, 1.807) is 0 Å². The Labute approximate surface area is 123 Å². The molecule has 0 atom stereocenters. The van der Waals surface area contributed by atoms with Gasteiger partial charge in [-0.3, -0.25) is 4.79 Å². The second kappa shape index (κ2) is 5.32. The molecule has 0 aliphatic rings. The number of amides is 1. The topological polar surface area (TPSA) is 60.0 Å². The second-order valence-corrected chi connectivity index (χ2v) is 5.14. The molecule has 4 nitrogen and oxygen atoms in total. The molecule has 0 saturated heterocycles. The number of nitrogens with one attached hydrogen (secondary N) is 1. The zero-order chi connectivity index (χ0) is 14.8. The van der Waals surface area contributed by atoms with Gasteiger partial charge < -0.3 is 15.6 Å². The third-order valence-electron chi connectivity index (χ3n) is 3.47. The minimum absolute atomic E-state index is 0.0698. The van der Waals surface area contributed by atoms with E-state index in [2.05, 4.69) is 5.32 Å². The fourth-order valence-electron chi connectivity index (χ4n) is 2.41. The molecule has 2 aromatic carbocycles. The Morgan fingerprint density at radius 3 is 2.67 bits per heavy atom. The number of carbonyl (C=O) groups is 1. The van der Waals surface area contributed by atoms with E-state index in [4.69, 9.17) is 5.73 Å². The molecule has 106 valence electrons. The molecular weight excluding hydrogens is 262 g/mol. The fourth-order valence-corrected chi connectivity index (χ4v) is 2.41. The fraction of sp³-hybridized carbons (Fsp3) is 0.118. The lowest BCUT2D eigenvalue weighted by Crippen LogP contribution is -2.18. The molecule has 1 amide bonds. The molecule has 3 aromatic rings. The Morgan fingerprint density at radius 1 is 1.14 bits per heavy atom. The number of nitrogen functional groups attached to an aromatic ring is 1. The van der Waals surface area contributed by atoms with Crippen molar-refractivity contribution in [2.45, 2.75) is 13.5 Å². The molecule has 1 heterocycles. The summed E-state index contributed by atoms with van der Waals surface area (Å²) in [6, 6.07) is 15.4. The van der Waals surface area contributed by atoms with Gasteiger partial charge in [-0.1, -0.05) is 29.8 Å². The van der Waals surface area contributed by atoms with Gasteiger partial charge in [0.2, 0.25) is 5.91 Å². The van der Waals surface area contributed by atoms with E-state index in [9.17, 15) is 4.79 Å². The van der Waals surface area contributed by atoms with E-state index in [0.717, 1.165) is 22.2 Å². The van der Waals surface area contributed by atoms with Crippen LogP contribution >= 0.6 is 0 Å². The number of hydrogen-bond acceptors (Lipinski definition) is 2. The average molecular weight is 279 g/mol. The summed E-state index contributed by atoms with van der Waals surface area (Å²) in [5.41, 5.74) is 9.54. The van der Waals surface area contributed by atoms with Crippen molar-refractivity contribution in [1.29, 1.82) is 0 Å². The average Bonchev–Trinajstić information content (AvgIpc) is 2.86. The van der Waals surface area contributed by atoms with Gasteiger partial charge in [0.25, 0.3) is 0 Å². The van der Waals surface area contributed by atoms with E-state index < -0.39 is 0 Å². The van der Waals surface area contributed by atoms with Crippen LogP contribution < -0.4 is 11.1 Å². The lowest BCUT2D eigenvalue weighted by Gasteiger charge is -2.09. The van der Waals surface area contributed by atoms with Crippen LogP contribution in [0.2, 0.25) is 0 Å². The van der Waals surface area contributed by atoms with Crippen molar-refractivity contribution in [1.82, 2.24) is 4.57 Å².